The number of guanidine groups is 1. The zero-order valence-electron chi connectivity index (χ0n) is 17.6. The van der Waals surface area contributed by atoms with Crippen molar-refractivity contribution in [3.8, 4) is 0 Å². The monoisotopic (exact) mass is 414 g/mol. The Kier molecular flexibility index (Phi) is 7.40. The van der Waals surface area contributed by atoms with Crippen molar-refractivity contribution in [2.24, 2.45) is 12.0 Å². The second kappa shape index (κ2) is 10.2. The second-order valence-corrected chi connectivity index (χ2v) is 8.11. The molecule has 3 heterocycles. The van der Waals surface area contributed by atoms with Gasteiger partial charge in [0.25, 0.3) is 0 Å². The highest BCUT2D eigenvalue weighted by atomic mass is 32.1. The van der Waals surface area contributed by atoms with Crippen LogP contribution < -0.4 is 10.6 Å². The third kappa shape index (κ3) is 6.15. The molecule has 0 aliphatic carbocycles. The molecule has 3 rings (SSSR count). The number of nitrogens with zero attached hydrogens (tertiary/aromatic N) is 6. The summed E-state index contributed by atoms with van der Waals surface area (Å²) in [6, 6.07) is 6.35. The highest BCUT2D eigenvalue weighted by Crippen LogP contribution is 2.08. The molecule has 0 unspecified atom stereocenters. The average Bonchev–Trinajstić information content (AvgIpc) is 3.40. The summed E-state index contributed by atoms with van der Waals surface area (Å²) in [6.45, 7) is 9.09. The summed E-state index contributed by atoms with van der Waals surface area (Å²) in [5.74, 6) is 2.54. The molecule has 9 heteroatoms. The van der Waals surface area contributed by atoms with E-state index in [1.165, 1.54) is 10.6 Å². The normalized spacial score (nSPS) is 11.8. The maximum Gasteiger partial charge on any atom is 0.191 e. The Hall–Kier alpha value is -2.68. The van der Waals surface area contributed by atoms with Crippen molar-refractivity contribution in [3.05, 3.63) is 51.5 Å². The van der Waals surface area contributed by atoms with E-state index in [2.05, 4.69) is 61.1 Å². The molecule has 0 spiro atoms. The number of aromatic nitrogens is 5. The van der Waals surface area contributed by atoms with E-state index in [9.17, 15) is 0 Å². The van der Waals surface area contributed by atoms with E-state index in [1.807, 2.05) is 25.5 Å². The molecule has 156 valence electrons. The van der Waals surface area contributed by atoms with E-state index < -0.39 is 0 Å². The van der Waals surface area contributed by atoms with E-state index in [1.54, 1.807) is 11.3 Å². The van der Waals surface area contributed by atoms with Gasteiger partial charge in [0.15, 0.2) is 11.8 Å². The van der Waals surface area contributed by atoms with E-state index in [4.69, 9.17) is 4.99 Å². The first-order valence-corrected chi connectivity index (χ1v) is 10.8. The van der Waals surface area contributed by atoms with E-state index in [0.717, 1.165) is 55.8 Å². The molecule has 3 aromatic rings. The Labute approximate surface area is 176 Å². The molecule has 29 heavy (non-hydrogen) atoms. The molecule has 0 aliphatic rings. The molecule has 0 aromatic carbocycles. The first kappa shape index (κ1) is 21.0. The first-order chi connectivity index (χ1) is 14.0. The fourth-order valence-electron chi connectivity index (χ4n) is 3.01. The number of aliphatic imine (C=N–C) groups is 1. The van der Waals surface area contributed by atoms with Gasteiger partial charge in [-0.25, -0.2) is 4.99 Å². The number of thiophene rings is 1. The van der Waals surface area contributed by atoms with Crippen LogP contribution in [-0.2, 0) is 26.6 Å². The lowest BCUT2D eigenvalue weighted by Gasteiger charge is -2.13. The summed E-state index contributed by atoms with van der Waals surface area (Å²) in [4.78, 5) is 6.07. The molecule has 0 amide bonds. The molecule has 0 saturated carbocycles. The topological polar surface area (TPSA) is 85.0 Å². The minimum absolute atomic E-state index is 0.489. The van der Waals surface area contributed by atoms with Gasteiger partial charge >= 0.3 is 0 Å². The molecule has 2 N–H and O–H groups in total. The van der Waals surface area contributed by atoms with Crippen LogP contribution in [0.2, 0.25) is 0 Å². The smallest absolute Gasteiger partial charge is 0.191 e. The van der Waals surface area contributed by atoms with Crippen LogP contribution in [-0.4, -0.2) is 43.6 Å². The second-order valence-electron chi connectivity index (χ2n) is 7.07. The van der Waals surface area contributed by atoms with Crippen molar-refractivity contribution in [1.82, 2.24) is 35.2 Å². The van der Waals surface area contributed by atoms with Gasteiger partial charge in [-0.2, -0.15) is 5.10 Å². The zero-order valence-corrected chi connectivity index (χ0v) is 18.5. The Balaban J connectivity index is 1.53. The standard InChI is InChI=1S/C20H30N8S/c1-15-13-16(2)28(26-15)11-6-9-21-20(22-10-8-18-7-5-12-29-18)23-14-19-25-24-17(3)27(19)4/h5,7,12-13H,6,8-11,14H2,1-4H3,(H2,21,22,23). The SMILES string of the molecule is Cc1cc(C)n(CCCNC(=NCc2nnc(C)n2C)NCCc2cccs2)n1. The van der Waals surface area contributed by atoms with Crippen LogP contribution in [0, 0.1) is 20.8 Å². The molecule has 0 atom stereocenters. The van der Waals surface area contributed by atoms with E-state index in [0.29, 0.717) is 6.54 Å². The molecule has 0 saturated heterocycles. The Morgan fingerprint density at radius 2 is 2.00 bits per heavy atom. The van der Waals surface area contributed by atoms with Gasteiger partial charge < -0.3 is 15.2 Å². The summed E-state index contributed by atoms with van der Waals surface area (Å²) in [6.07, 6.45) is 1.95. The number of rotatable bonds is 9. The summed E-state index contributed by atoms with van der Waals surface area (Å²) < 4.78 is 4.02. The Morgan fingerprint density at radius 3 is 2.66 bits per heavy atom. The van der Waals surface area contributed by atoms with Crippen molar-refractivity contribution in [1.29, 1.82) is 0 Å². The summed E-state index contributed by atoms with van der Waals surface area (Å²) in [5.41, 5.74) is 2.26. The first-order valence-electron chi connectivity index (χ1n) is 9.93. The summed E-state index contributed by atoms with van der Waals surface area (Å²) in [7, 11) is 1.96. The lowest BCUT2D eigenvalue weighted by atomic mass is 10.3. The summed E-state index contributed by atoms with van der Waals surface area (Å²) in [5, 5.41) is 21.8. The van der Waals surface area contributed by atoms with E-state index >= 15 is 0 Å². The largest absolute Gasteiger partial charge is 0.356 e. The molecular weight excluding hydrogens is 384 g/mol. The van der Waals surface area contributed by atoms with Crippen LogP contribution >= 0.6 is 11.3 Å². The molecule has 3 aromatic heterocycles. The fraction of sp³-hybridized carbons (Fsp3) is 0.500. The van der Waals surface area contributed by atoms with Gasteiger partial charge in [0, 0.05) is 37.3 Å². The van der Waals surface area contributed by atoms with Gasteiger partial charge in [-0.1, -0.05) is 6.07 Å². The van der Waals surface area contributed by atoms with Crippen molar-refractivity contribution in [3.63, 3.8) is 0 Å². The Morgan fingerprint density at radius 1 is 1.17 bits per heavy atom. The van der Waals surface area contributed by atoms with Gasteiger partial charge in [0.05, 0.1) is 5.69 Å². The maximum atomic E-state index is 4.71. The highest BCUT2D eigenvalue weighted by molar-refractivity contribution is 7.09. The van der Waals surface area contributed by atoms with Crippen LogP contribution in [0.3, 0.4) is 0 Å². The third-order valence-corrected chi connectivity index (χ3v) is 5.68. The highest BCUT2D eigenvalue weighted by Gasteiger charge is 2.06. The lowest BCUT2D eigenvalue weighted by Crippen LogP contribution is -2.39. The van der Waals surface area contributed by atoms with Gasteiger partial charge in [-0.3, -0.25) is 4.68 Å². The van der Waals surface area contributed by atoms with Gasteiger partial charge in [0.1, 0.15) is 12.4 Å². The number of hydrogen-bond donors (Lipinski definition) is 2. The van der Waals surface area contributed by atoms with Crippen molar-refractivity contribution in [2.75, 3.05) is 13.1 Å². The number of aryl methyl sites for hydroxylation is 4. The predicted octanol–water partition coefficient (Wildman–Crippen LogP) is 2.37. The van der Waals surface area contributed by atoms with Gasteiger partial charge in [0.2, 0.25) is 0 Å². The minimum Gasteiger partial charge on any atom is -0.356 e. The molecule has 0 aliphatic heterocycles. The third-order valence-electron chi connectivity index (χ3n) is 4.75. The predicted molar refractivity (Wildman–Crippen MR) is 117 cm³/mol. The lowest BCUT2D eigenvalue weighted by molar-refractivity contribution is 0.555. The van der Waals surface area contributed by atoms with Crippen LogP contribution in [0.4, 0.5) is 0 Å². The number of hydrogen-bond acceptors (Lipinski definition) is 5. The van der Waals surface area contributed by atoms with E-state index in [-0.39, 0.29) is 0 Å². The van der Waals surface area contributed by atoms with Crippen LogP contribution in [0.5, 0.6) is 0 Å². The van der Waals surface area contributed by atoms with Crippen molar-refractivity contribution in [2.45, 2.75) is 46.7 Å². The minimum atomic E-state index is 0.489. The van der Waals surface area contributed by atoms with Crippen LogP contribution in [0.25, 0.3) is 0 Å². The van der Waals surface area contributed by atoms with Gasteiger partial charge in [-0.15, -0.1) is 21.5 Å². The van der Waals surface area contributed by atoms with Gasteiger partial charge in [-0.05, 0) is 51.1 Å². The van der Waals surface area contributed by atoms with Crippen LogP contribution in [0.1, 0.15) is 34.3 Å². The van der Waals surface area contributed by atoms with Crippen molar-refractivity contribution < 1.29 is 0 Å². The number of nitrogens with one attached hydrogen (secondary N) is 2. The summed E-state index contributed by atoms with van der Waals surface area (Å²) >= 11 is 1.78. The average molecular weight is 415 g/mol. The molecule has 0 bridgehead atoms. The molecular formula is C20H30N8S. The van der Waals surface area contributed by atoms with Crippen LogP contribution in [0.15, 0.2) is 28.6 Å². The quantitative estimate of drug-likeness (QED) is 0.319. The Bertz CT molecular complexity index is 923. The zero-order chi connectivity index (χ0) is 20.6. The molecule has 8 nitrogen and oxygen atoms in total. The maximum absolute atomic E-state index is 4.71. The molecule has 0 fully saturated rings. The molecule has 0 radical (unpaired) electrons. The van der Waals surface area contributed by atoms with Crippen molar-refractivity contribution >= 4 is 17.3 Å². The fourth-order valence-corrected chi connectivity index (χ4v) is 3.72.